The Balaban J connectivity index is 1.93. The Hall–Kier alpha value is -1.75. The van der Waals surface area contributed by atoms with Crippen LogP contribution in [0.15, 0.2) is 29.1 Å². The number of carbonyl (C=O) groups is 1. The second-order valence-corrected chi connectivity index (χ2v) is 4.69. The van der Waals surface area contributed by atoms with Crippen LogP contribution in [0.4, 0.5) is 4.39 Å². The molecular formula is C13H13FN2OS. The molecule has 2 aromatic rings. The van der Waals surface area contributed by atoms with Crippen LogP contribution in [-0.2, 0) is 6.42 Å². The Labute approximate surface area is 109 Å². The summed E-state index contributed by atoms with van der Waals surface area (Å²) in [5, 5.41) is 4.62. The highest BCUT2D eigenvalue weighted by molar-refractivity contribution is 7.07. The topological polar surface area (TPSA) is 42.0 Å². The molecule has 0 spiro atoms. The van der Waals surface area contributed by atoms with Crippen molar-refractivity contribution in [2.75, 3.05) is 6.54 Å². The summed E-state index contributed by atoms with van der Waals surface area (Å²) in [5.74, 6) is -0.877. The van der Waals surface area contributed by atoms with E-state index in [1.54, 1.807) is 17.6 Å². The average Bonchev–Trinajstić information content (AvgIpc) is 2.85. The van der Waals surface area contributed by atoms with Gasteiger partial charge in [-0.3, -0.25) is 4.79 Å². The summed E-state index contributed by atoms with van der Waals surface area (Å²) in [6, 6.07) is 4.50. The summed E-state index contributed by atoms with van der Waals surface area (Å²) >= 11 is 1.52. The SMILES string of the molecule is Cc1ccc(F)c(C(=O)NCCc2cscn2)c1. The fraction of sp³-hybridized carbons (Fsp3) is 0.231. The maximum absolute atomic E-state index is 13.4. The maximum atomic E-state index is 13.4. The molecule has 0 aliphatic carbocycles. The van der Waals surface area contributed by atoms with E-state index in [0.29, 0.717) is 13.0 Å². The highest BCUT2D eigenvalue weighted by Crippen LogP contribution is 2.09. The van der Waals surface area contributed by atoms with Crippen LogP contribution < -0.4 is 5.32 Å². The van der Waals surface area contributed by atoms with E-state index >= 15 is 0 Å². The number of nitrogens with one attached hydrogen (secondary N) is 1. The van der Waals surface area contributed by atoms with Crippen LogP contribution in [0.25, 0.3) is 0 Å². The van der Waals surface area contributed by atoms with Crippen molar-refractivity contribution < 1.29 is 9.18 Å². The van der Waals surface area contributed by atoms with Gasteiger partial charge in [-0.25, -0.2) is 9.37 Å². The molecular weight excluding hydrogens is 251 g/mol. The van der Waals surface area contributed by atoms with E-state index in [1.165, 1.54) is 17.4 Å². The van der Waals surface area contributed by atoms with Crippen molar-refractivity contribution in [2.45, 2.75) is 13.3 Å². The Morgan fingerprint density at radius 1 is 1.50 bits per heavy atom. The second-order valence-electron chi connectivity index (χ2n) is 3.97. The molecule has 0 unspecified atom stereocenters. The van der Waals surface area contributed by atoms with Gasteiger partial charge in [0.1, 0.15) is 5.82 Å². The summed E-state index contributed by atoms with van der Waals surface area (Å²) in [5.41, 5.74) is 3.64. The fourth-order valence-electron chi connectivity index (χ4n) is 1.57. The van der Waals surface area contributed by atoms with Crippen LogP contribution in [-0.4, -0.2) is 17.4 Å². The predicted molar refractivity (Wildman–Crippen MR) is 69.3 cm³/mol. The first-order valence-electron chi connectivity index (χ1n) is 5.58. The minimum Gasteiger partial charge on any atom is -0.352 e. The molecule has 0 bridgehead atoms. The summed E-state index contributed by atoms with van der Waals surface area (Å²) in [6.45, 7) is 2.28. The zero-order valence-electron chi connectivity index (χ0n) is 9.94. The first-order chi connectivity index (χ1) is 8.66. The molecule has 0 saturated heterocycles. The van der Waals surface area contributed by atoms with Crippen LogP contribution in [0.1, 0.15) is 21.6 Å². The number of nitrogens with zero attached hydrogens (tertiary/aromatic N) is 1. The summed E-state index contributed by atoms with van der Waals surface area (Å²) in [7, 11) is 0. The van der Waals surface area contributed by atoms with E-state index in [2.05, 4.69) is 10.3 Å². The number of rotatable bonds is 4. The quantitative estimate of drug-likeness (QED) is 0.922. The van der Waals surface area contributed by atoms with Gasteiger partial charge in [0.15, 0.2) is 0 Å². The molecule has 1 aromatic carbocycles. The molecule has 0 saturated carbocycles. The number of aromatic nitrogens is 1. The van der Waals surface area contributed by atoms with Gasteiger partial charge in [-0.2, -0.15) is 0 Å². The number of amides is 1. The molecule has 2 rings (SSSR count). The molecule has 0 radical (unpaired) electrons. The molecule has 5 heteroatoms. The first-order valence-corrected chi connectivity index (χ1v) is 6.52. The lowest BCUT2D eigenvalue weighted by molar-refractivity contribution is 0.0950. The van der Waals surface area contributed by atoms with Crippen molar-refractivity contribution in [3.63, 3.8) is 0 Å². The van der Waals surface area contributed by atoms with E-state index < -0.39 is 5.82 Å². The largest absolute Gasteiger partial charge is 0.352 e. The Kier molecular flexibility index (Phi) is 4.04. The van der Waals surface area contributed by atoms with E-state index in [9.17, 15) is 9.18 Å². The highest BCUT2D eigenvalue weighted by atomic mass is 32.1. The van der Waals surface area contributed by atoms with Crippen LogP contribution in [0, 0.1) is 12.7 Å². The third-order valence-corrected chi connectivity index (χ3v) is 3.15. The van der Waals surface area contributed by atoms with Gasteiger partial charge in [-0.1, -0.05) is 11.6 Å². The Morgan fingerprint density at radius 3 is 3.06 bits per heavy atom. The van der Waals surface area contributed by atoms with Crippen molar-refractivity contribution in [3.8, 4) is 0 Å². The van der Waals surface area contributed by atoms with Crippen molar-refractivity contribution in [1.29, 1.82) is 0 Å². The number of aryl methyl sites for hydroxylation is 1. The monoisotopic (exact) mass is 264 g/mol. The summed E-state index contributed by atoms with van der Waals surface area (Å²) < 4.78 is 13.4. The normalized spacial score (nSPS) is 10.3. The standard InChI is InChI=1S/C13H13FN2OS/c1-9-2-3-12(14)11(6-9)13(17)15-5-4-10-7-18-8-16-10/h2-3,6-8H,4-5H2,1H3,(H,15,17). The van der Waals surface area contributed by atoms with E-state index in [4.69, 9.17) is 0 Å². The molecule has 0 aliphatic heterocycles. The molecule has 1 amide bonds. The Morgan fingerprint density at radius 2 is 2.33 bits per heavy atom. The van der Waals surface area contributed by atoms with Crippen LogP contribution in [0.3, 0.4) is 0 Å². The average molecular weight is 264 g/mol. The minimum atomic E-state index is -0.494. The zero-order chi connectivity index (χ0) is 13.0. The van der Waals surface area contributed by atoms with Gasteiger partial charge in [-0.05, 0) is 19.1 Å². The second kappa shape index (κ2) is 5.73. The lowest BCUT2D eigenvalue weighted by Crippen LogP contribution is -2.26. The first kappa shape index (κ1) is 12.7. The van der Waals surface area contributed by atoms with Crippen LogP contribution in [0.2, 0.25) is 0 Å². The maximum Gasteiger partial charge on any atom is 0.254 e. The van der Waals surface area contributed by atoms with Crippen LogP contribution >= 0.6 is 11.3 Å². The van der Waals surface area contributed by atoms with E-state index in [-0.39, 0.29) is 11.5 Å². The Bertz CT molecular complexity index is 540. The van der Waals surface area contributed by atoms with Gasteiger partial charge in [0, 0.05) is 18.3 Å². The molecule has 3 nitrogen and oxygen atoms in total. The van der Waals surface area contributed by atoms with Crippen molar-refractivity contribution in [3.05, 3.63) is 51.7 Å². The third-order valence-electron chi connectivity index (χ3n) is 2.52. The number of halogens is 1. The molecule has 0 aliphatic rings. The third kappa shape index (κ3) is 3.13. The molecule has 18 heavy (non-hydrogen) atoms. The molecule has 0 atom stereocenters. The van der Waals surface area contributed by atoms with Gasteiger partial charge in [0.05, 0.1) is 16.8 Å². The molecule has 1 N–H and O–H groups in total. The smallest absolute Gasteiger partial charge is 0.254 e. The predicted octanol–water partition coefficient (Wildman–Crippen LogP) is 2.56. The molecule has 1 heterocycles. The van der Waals surface area contributed by atoms with E-state index in [0.717, 1.165) is 11.3 Å². The fourth-order valence-corrected chi connectivity index (χ4v) is 2.17. The molecule has 1 aromatic heterocycles. The number of thiazole rings is 1. The van der Waals surface area contributed by atoms with Gasteiger partial charge in [0.25, 0.3) is 5.91 Å². The van der Waals surface area contributed by atoms with Gasteiger partial charge in [0.2, 0.25) is 0 Å². The van der Waals surface area contributed by atoms with Crippen molar-refractivity contribution in [2.24, 2.45) is 0 Å². The van der Waals surface area contributed by atoms with Gasteiger partial charge < -0.3 is 5.32 Å². The highest BCUT2D eigenvalue weighted by Gasteiger charge is 2.11. The lowest BCUT2D eigenvalue weighted by atomic mass is 10.1. The van der Waals surface area contributed by atoms with Gasteiger partial charge >= 0.3 is 0 Å². The van der Waals surface area contributed by atoms with Gasteiger partial charge in [-0.15, -0.1) is 11.3 Å². The van der Waals surface area contributed by atoms with Crippen molar-refractivity contribution >= 4 is 17.2 Å². The van der Waals surface area contributed by atoms with Crippen molar-refractivity contribution in [1.82, 2.24) is 10.3 Å². The number of hydrogen-bond donors (Lipinski definition) is 1. The summed E-state index contributed by atoms with van der Waals surface area (Å²) in [4.78, 5) is 15.9. The number of hydrogen-bond acceptors (Lipinski definition) is 3. The van der Waals surface area contributed by atoms with E-state index in [1.807, 2.05) is 12.3 Å². The number of carbonyl (C=O) groups excluding carboxylic acids is 1. The molecule has 94 valence electrons. The molecule has 0 fully saturated rings. The lowest BCUT2D eigenvalue weighted by Gasteiger charge is -2.06. The summed E-state index contributed by atoms with van der Waals surface area (Å²) in [6.07, 6.45) is 0.655. The zero-order valence-corrected chi connectivity index (χ0v) is 10.8. The minimum absolute atomic E-state index is 0.0910. The van der Waals surface area contributed by atoms with Crippen LogP contribution in [0.5, 0.6) is 0 Å². The number of benzene rings is 1.